The van der Waals surface area contributed by atoms with Crippen LogP contribution in [0.15, 0.2) is 47.4 Å². The molecule has 1 aliphatic rings. The van der Waals surface area contributed by atoms with Crippen molar-refractivity contribution in [3.8, 4) is 0 Å². The van der Waals surface area contributed by atoms with Crippen LogP contribution in [0.4, 0.5) is 20.2 Å². The maximum Gasteiger partial charge on any atom is 0.264 e. The number of likely N-dealkylation sites (N-methyl/N-ethyl adjacent to an activating group) is 1. The normalized spacial score (nSPS) is 16.0. The van der Waals surface area contributed by atoms with Crippen LogP contribution in [0.2, 0.25) is 0 Å². The quantitative estimate of drug-likeness (QED) is 0.902. The zero-order chi connectivity index (χ0) is 18.0. The summed E-state index contributed by atoms with van der Waals surface area (Å²) >= 11 is 0. The van der Waals surface area contributed by atoms with Crippen LogP contribution in [0.1, 0.15) is 0 Å². The van der Waals surface area contributed by atoms with E-state index in [1.54, 1.807) is 12.1 Å². The van der Waals surface area contributed by atoms with Crippen molar-refractivity contribution < 1.29 is 17.2 Å². The number of hydrogen-bond donors (Lipinski definition) is 1. The van der Waals surface area contributed by atoms with Crippen LogP contribution in [-0.4, -0.2) is 46.5 Å². The number of rotatable bonds is 4. The largest absolute Gasteiger partial charge is 0.367 e. The van der Waals surface area contributed by atoms with Gasteiger partial charge in [-0.3, -0.25) is 4.72 Å². The van der Waals surface area contributed by atoms with Crippen LogP contribution in [-0.2, 0) is 10.0 Å². The summed E-state index contributed by atoms with van der Waals surface area (Å²) in [5.74, 6) is -1.81. The van der Waals surface area contributed by atoms with Gasteiger partial charge in [0.15, 0.2) is 0 Å². The van der Waals surface area contributed by atoms with Gasteiger partial charge in [-0.15, -0.1) is 0 Å². The zero-order valence-electron chi connectivity index (χ0n) is 13.7. The van der Waals surface area contributed by atoms with E-state index >= 15 is 0 Å². The number of nitrogens with zero attached hydrogens (tertiary/aromatic N) is 2. The van der Waals surface area contributed by atoms with Crippen LogP contribution < -0.4 is 9.62 Å². The van der Waals surface area contributed by atoms with E-state index < -0.39 is 26.6 Å². The number of benzene rings is 2. The molecule has 0 amide bonds. The maximum absolute atomic E-state index is 13.9. The van der Waals surface area contributed by atoms with E-state index in [0.29, 0.717) is 11.8 Å². The molecule has 0 aromatic heterocycles. The SMILES string of the molecule is CN1CCN(c2ccccc2NS(=O)(=O)c2cc(F)ccc2F)CC1. The Morgan fingerprint density at radius 2 is 1.68 bits per heavy atom. The Kier molecular flexibility index (Phi) is 4.91. The molecule has 0 spiro atoms. The van der Waals surface area contributed by atoms with Crippen molar-refractivity contribution in [2.45, 2.75) is 4.90 Å². The number of nitrogens with one attached hydrogen (secondary N) is 1. The standard InChI is InChI=1S/C17H19F2N3O2S/c1-21-8-10-22(11-9-21)16-5-3-2-4-15(16)20-25(23,24)17-12-13(18)6-7-14(17)19/h2-7,12,20H,8-11H2,1H3. The fourth-order valence-corrected chi connectivity index (χ4v) is 3.93. The summed E-state index contributed by atoms with van der Waals surface area (Å²) in [6.07, 6.45) is 0. The second kappa shape index (κ2) is 6.97. The number of para-hydroxylation sites is 2. The molecule has 0 aliphatic carbocycles. The molecule has 0 unspecified atom stereocenters. The molecule has 1 heterocycles. The monoisotopic (exact) mass is 367 g/mol. The lowest BCUT2D eigenvalue weighted by molar-refractivity contribution is 0.313. The molecule has 3 rings (SSSR count). The second-order valence-electron chi connectivity index (χ2n) is 5.99. The van der Waals surface area contributed by atoms with Gasteiger partial charge in [0.2, 0.25) is 0 Å². The van der Waals surface area contributed by atoms with E-state index in [9.17, 15) is 17.2 Å². The molecule has 1 saturated heterocycles. The summed E-state index contributed by atoms with van der Waals surface area (Å²) in [7, 11) is -2.21. The minimum atomic E-state index is -4.24. The Bertz CT molecular complexity index is 866. The second-order valence-corrected chi connectivity index (χ2v) is 7.64. The molecule has 0 radical (unpaired) electrons. The van der Waals surface area contributed by atoms with Gasteiger partial charge < -0.3 is 9.80 Å². The fraction of sp³-hybridized carbons (Fsp3) is 0.294. The van der Waals surface area contributed by atoms with E-state index in [-0.39, 0.29) is 0 Å². The van der Waals surface area contributed by atoms with Gasteiger partial charge in [-0.05, 0) is 37.4 Å². The number of piperazine rings is 1. The van der Waals surface area contributed by atoms with Crippen molar-refractivity contribution in [3.63, 3.8) is 0 Å². The Balaban J connectivity index is 1.91. The van der Waals surface area contributed by atoms with Gasteiger partial charge in [-0.25, -0.2) is 17.2 Å². The zero-order valence-corrected chi connectivity index (χ0v) is 14.6. The summed E-state index contributed by atoms with van der Waals surface area (Å²) in [6, 6.07) is 9.29. The summed E-state index contributed by atoms with van der Waals surface area (Å²) in [6.45, 7) is 3.23. The van der Waals surface area contributed by atoms with Crippen LogP contribution in [0, 0.1) is 11.6 Å². The van der Waals surface area contributed by atoms with E-state index in [1.165, 1.54) is 0 Å². The van der Waals surface area contributed by atoms with E-state index in [0.717, 1.165) is 44.0 Å². The molecule has 1 N–H and O–H groups in total. The molecule has 5 nitrogen and oxygen atoms in total. The van der Waals surface area contributed by atoms with Crippen LogP contribution in [0.5, 0.6) is 0 Å². The lowest BCUT2D eigenvalue weighted by Crippen LogP contribution is -2.44. The Morgan fingerprint density at radius 3 is 2.40 bits per heavy atom. The highest BCUT2D eigenvalue weighted by Gasteiger charge is 2.23. The highest BCUT2D eigenvalue weighted by Crippen LogP contribution is 2.29. The number of halogens is 2. The van der Waals surface area contributed by atoms with Crippen molar-refractivity contribution in [2.24, 2.45) is 0 Å². The molecular weight excluding hydrogens is 348 g/mol. The molecule has 0 bridgehead atoms. The first-order valence-corrected chi connectivity index (χ1v) is 9.35. The van der Waals surface area contributed by atoms with E-state index in [4.69, 9.17) is 0 Å². The average molecular weight is 367 g/mol. The minimum Gasteiger partial charge on any atom is -0.367 e. The van der Waals surface area contributed by atoms with Gasteiger partial charge in [0.1, 0.15) is 16.5 Å². The van der Waals surface area contributed by atoms with E-state index in [2.05, 4.69) is 14.5 Å². The summed E-state index contributed by atoms with van der Waals surface area (Å²) in [4.78, 5) is 3.55. The van der Waals surface area contributed by atoms with Gasteiger partial charge in [-0.1, -0.05) is 12.1 Å². The smallest absolute Gasteiger partial charge is 0.264 e. The molecule has 134 valence electrons. The van der Waals surface area contributed by atoms with Gasteiger partial charge in [0, 0.05) is 26.2 Å². The maximum atomic E-state index is 13.9. The first-order chi connectivity index (χ1) is 11.9. The molecule has 2 aromatic carbocycles. The summed E-state index contributed by atoms with van der Waals surface area (Å²) in [5.41, 5.74) is 1.06. The fourth-order valence-electron chi connectivity index (χ4n) is 2.77. The third kappa shape index (κ3) is 3.91. The Morgan fingerprint density at radius 1 is 1.00 bits per heavy atom. The molecule has 0 atom stereocenters. The van der Waals surface area contributed by atoms with Gasteiger partial charge in [0.05, 0.1) is 11.4 Å². The first-order valence-electron chi connectivity index (χ1n) is 7.87. The van der Waals surface area contributed by atoms with Gasteiger partial charge in [-0.2, -0.15) is 0 Å². The third-order valence-corrected chi connectivity index (χ3v) is 5.56. The Labute approximate surface area is 145 Å². The van der Waals surface area contributed by atoms with Crippen molar-refractivity contribution >= 4 is 21.4 Å². The van der Waals surface area contributed by atoms with Crippen LogP contribution in [0.25, 0.3) is 0 Å². The summed E-state index contributed by atoms with van der Waals surface area (Å²) in [5, 5.41) is 0. The first kappa shape index (κ1) is 17.6. The minimum absolute atomic E-state index is 0.343. The molecule has 1 fully saturated rings. The molecule has 25 heavy (non-hydrogen) atoms. The van der Waals surface area contributed by atoms with Crippen LogP contribution in [0.3, 0.4) is 0 Å². The van der Waals surface area contributed by atoms with Crippen LogP contribution >= 0.6 is 0 Å². The molecule has 1 aliphatic heterocycles. The molecule has 0 saturated carbocycles. The predicted octanol–water partition coefficient (Wildman–Crippen LogP) is 2.52. The predicted molar refractivity (Wildman–Crippen MR) is 93.3 cm³/mol. The van der Waals surface area contributed by atoms with Crippen molar-refractivity contribution in [3.05, 3.63) is 54.1 Å². The average Bonchev–Trinajstić information content (AvgIpc) is 2.58. The summed E-state index contributed by atoms with van der Waals surface area (Å²) < 4.78 is 54.6. The van der Waals surface area contributed by atoms with Gasteiger partial charge >= 0.3 is 0 Å². The topological polar surface area (TPSA) is 52.6 Å². The van der Waals surface area contributed by atoms with Crippen molar-refractivity contribution in [2.75, 3.05) is 42.8 Å². The molecular formula is C17H19F2N3O2S. The lowest BCUT2D eigenvalue weighted by Gasteiger charge is -2.35. The highest BCUT2D eigenvalue weighted by molar-refractivity contribution is 7.92. The number of hydrogen-bond acceptors (Lipinski definition) is 4. The lowest BCUT2D eigenvalue weighted by atomic mass is 10.2. The number of sulfonamides is 1. The Hall–Kier alpha value is -2.19. The third-order valence-electron chi connectivity index (χ3n) is 4.18. The van der Waals surface area contributed by atoms with Crippen molar-refractivity contribution in [1.82, 2.24) is 4.90 Å². The van der Waals surface area contributed by atoms with Gasteiger partial charge in [0.25, 0.3) is 10.0 Å². The van der Waals surface area contributed by atoms with E-state index in [1.807, 2.05) is 19.2 Å². The molecule has 2 aromatic rings. The highest BCUT2D eigenvalue weighted by atomic mass is 32.2. The molecule has 8 heteroatoms. The van der Waals surface area contributed by atoms with Crippen molar-refractivity contribution in [1.29, 1.82) is 0 Å². The number of anilines is 2.